The zero-order valence-corrected chi connectivity index (χ0v) is 11.4. The van der Waals surface area contributed by atoms with Crippen molar-refractivity contribution >= 4 is 17.5 Å². The molecule has 5 nitrogen and oxygen atoms in total. The molecule has 1 heterocycles. The summed E-state index contributed by atoms with van der Waals surface area (Å²) < 4.78 is 0. The van der Waals surface area contributed by atoms with Crippen molar-refractivity contribution < 1.29 is 14.7 Å². The van der Waals surface area contributed by atoms with Crippen LogP contribution in [0.3, 0.4) is 0 Å². The molecule has 3 rings (SSSR count). The Hall–Kier alpha value is -1.88. The van der Waals surface area contributed by atoms with Crippen LogP contribution in [0, 0.1) is 5.92 Å². The lowest BCUT2D eigenvalue weighted by Crippen LogP contribution is -2.64. The van der Waals surface area contributed by atoms with Gasteiger partial charge in [0.25, 0.3) is 5.91 Å². The Balaban J connectivity index is 1.62. The van der Waals surface area contributed by atoms with Crippen molar-refractivity contribution in [3.63, 3.8) is 0 Å². The molecule has 2 N–H and O–H groups in total. The van der Waals surface area contributed by atoms with Crippen LogP contribution in [0.4, 0.5) is 5.69 Å². The summed E-state index contributed by atoms with van der Waals surface area (Å²) in [7, 11) is 0. The van der Waals surface area contributed by atoms with E-state index in [-0.39, 0.29) is 11.8 Å². The predicted octanol–water partition coefficient (Wildman–Crippen LogP) is 1.24. The van der Waals surface area contributed by atoms with Gasteiger partial charge in [0, 0.05) is 18.2 Å². The fourth-order valence-corrected chi connectivity index (χ4v) is 2.72. The number of amides is 2. The zero-order chi connectivity index (χ0) is 14.3. The van der Waals surface area contributed by atoms with E-state index in [1.807, 2.05) is 0 Å². The van der Waals surface area contributed by atoms with Crippen LogP contribution < -0.4 is 5.32 Å². The normalized spacial score (nSPS) is 20.2. The molecule has 0 spiro atoms. The summed E-state index contributed by atoms with van der Waals surface area (Å²) in [5, 5.41) is 12.9. The number of benzene rings is 1. The van der Waals surface area contributed by atoms with Crippen molar-refractivity contribution in [2.24, 2.45) is 5.92 Å². The van der Waals surface area contributed by atoms with E-state index in [1.165, 1.54) is 6.92 Å². The minimum atomic E-state index is -0.647. The summed E-state index contributed by atoms with van der Waals surface area (Å²) in [6, 6.07) is 6.81. The van der Waals surface area contributed by atoms with Gasteiger partial charge in [0.15, 0.2) is 0 Å². The number of likely N-dealkylation sites (tertiary alicyclic amines) is 1. The van der Waals surface area contributed by atoms with E-state index >= 15 is 0 Å². The first-order chi connectivity index (χ1) is 9.48. The highest BCUT2D eigenvalue weighted by Gasteiger charge is 2.53. The number of hydrogen-bond donors (Lipinski definition) is 2. The molecule has 1 aliphatic carbocycles. The number of rotatable bonds is 3. The van der Waals surface area contributed by atoms with Gasteiger partial charge in [-0.25, -0.2) is 0 Å². The first-order valence-corrected chi connectivity index (χ1v) is 6.87. The van der Waals surface area contributed by atoms with E-state index in [1.54, 1.807) is 29.2 Å². The number of hydrogen-bond acceptors (Lipinski definition) is 3. The highest BCUT2D eigenvalue weighted by atomic mass is 16.3. The molecule has 0 radical (unpaired) electrons. The van der Waals surface area contributed by atoms with Crippen LogP contribution in [0.5, 0.6) is 0 Å². The van der Waals surface area contributed by atoms with Crippen molar-refractivity contribution in [3.8, 4) is 0 Å². The maximum Gasteiger partial charge on any atom is 0.254 e. The number of aliphatic hydroxyl groups is 1. The van der Waals surface area contributed by atoms with Crippen molar-refractivity contribution in [1.82, 2.24) is 4.90 Å². The molecular weight excluding hydrogens is 256 g/mol. The number of nitrogens with zero attached hydrogens (tertiary/aromatic N) is 1. The number of carbonyl (C=O) groups is 2. The largest absolute Gasteiger partial charge is 0.386 e. The zero-order valence-electron chi connectivity index (χ0n) is 11.4. The summed E-state index contributed by atoms with van der Waals surface area (Å²) >= 11 is 0. The third kappa shape index (κ3) is 2.41. The van der Waals surface area contributed by atoms with Gasteiger partial charge >= 0.3 is 0 Å². The van der Waals surface area contributed by atoms with Crippen molar-refractivity contribution in [2.45, 2.75) is 25.4 Å². The summed E-state index contributed by atoms with van der Waals surface area (Å²) in [5.41, 5.74) is 0.607. The molecule has 5 heteroatoms. The van der Waals surface area contributed by atoms with E-state index in [9.17, 15) is 14.7 Å². The van der Waals surface area contributed by atoms with Gasteiger partial charge in [0.05, 0.1) is 13.1 Å². The van der Waals surface area contributed by atoms with Crippen molar-refractivity contribution in [1.29, 1.82) is 0 Å². The van der Waals surface area contributed by atoms with Gasteiger partial charge in [-0.1, -0.05) is 0 Å². The van der Waals surface area contributed by atoms with Gasteiger partial charge < -0.3 is 15.3 Å². The average Bonchev–Trinajstić information content (AvgIpc) is 3.19. The molecule has 1 aromatic carbocycles. The summed E-state index contributed by atoms with van der Waals surface area (Å²) in [4.78, 5) is 24.8. The summed E-state index contributed by atoms with van der Waals surface area (Å²) in [5.74, 6) is 0.180. The molecule has 2 amide bonds. The van der Waals surface area contributed by atoms with Crippen LogP contribution >= 0.6 is 0 Å². The number of carbonyl (C=O) groups excluding carboxylic acids is 2. The quantitative estimate of drug-likeness (QED) is 0.871. The predicted molar refractivity (Wildman–Crippen MR) is 74.3 cm³/mol. The molecule has 2 aliphatic rings. The topological polar surface area (TPSA) is 69.6 Å². The molecular formula is C15H18N2O3. The summed E-state index contributed by atoms with van der Waals surface area (Å²) in [6.45, 7) is 2.31. The SMILES string of the molecule is CC(=O)Nc1ccc(C(=O)N2CC(O)(C3CC3)C2)cc1. The molecule has 0 aromatic heterocycles. The van der Waals surface area contributed by atoms with Gasteiger partial charge in [0.2, 0.25) is 5.91 Å². The lowest BCUT2D eigenvalue weighted by atomic mass is 9.88. The third-order valence-electron chi connectivity index (χ3n) is 4.01. The van der Waals surface area contributed by atoms with E-state index in [4.69, 9.17) is 0 Å². The van der Waals surface area contributed by atoms with Crippen molar-refractivity contribution in [3.05, 3.63) is 29.8 Å². The summed E-state index contributed by atoms with van der Waals surface area (Å²) in [6.07, 6.45) is 2.15. The van der Waals surface area contributed by atoms with E-state index in [2.05, 4.69) is 5.32 Å². The third-order valence-corrected chi connectivity index (χ3v) is 4.01. The molecule has 2 fully saturated rings. The van der Waals surface area contributed by atoms with Crippen LogP contribution in [0.1, 0.15) is 30.1 Å². The molecule has 0 unspecified atom stereocenters. The van der Waals surface area contributed by atoms with Crippen molar-refractivity contribution in [2.75, 3.05) is 18.4 Å². The Morgan fingerprint density at radius 1 is 1.25 bits per heavy atom. The van der Waals surface area contributed by atoms with Crippen LogP contribution in [0.2, 0.25) is 0 Å². The Kier molecular flexibility index (Phi) is 3.01. The molecule has 0 bridgehead atoms. The maximum absolute atomic E-state index is 12.2. The van der Waals surface area contributed by atoms with Gasteiger partial charge in [-0.15, -0.1) is 0 Å². The first-order valence-electron chi connectivity index (χ1n) is 6.87. The first kappa shape index (κ1) is 13.1. The lowest BCUT2D eigenvalue weighted by Gasteiger charge is -2.47. The highest BCUT2D eigenvalue weighted by molar-refractivity contribution is 5.96. The second-order valence-corrected chi connectivity index (χ2v) is 5.80. The van der Waals surface area contributed by atoms with Crippen LogP contribution in [-0.4, -0.2) is 40.5 Å². The molecule has 106 valence electrons. The van der Waals surface area contributed by atoms with E-state index in [0.29, 0.717) is 30.3 Å². The van der Waals surface area contributed by atoms with E-state index < -0.39 is 5.60 Å². The van der Waals surface area contributed by atoms with Crippen LogP contribution in [-0.2, 0) is 4.79 Å². The standard InChI is InChI=1S/C15H18N2O3/c1-10(18)16-13-6-2-11(3-7-13)14(19)17-8-15(20,9-17)12-4-5-12/h2-3,6-7,12,20H,4-5,8-9H2,1H3,(H,16,18). The number of β-amino-alcohol motifs (C(OH)–C–C–N with tert-alkyl or cyclic N) is 1. The highest BCUT2D eigenvalue weighted by Crippen LogP contribution is 2.44. The molecule has 1 aliphatic heterocycles. The van der Waals surface area contributed by atoms with Crippen LogP contribution in [0.25, 0.3) is 0 Å². The number of nitrogens with one attached hydrogen (secondary N) is 1. The second-order valence-electron chi connectivity index (χ2n) is 5.80. The molecule has 1 saturated carbocycles. The van der Waals surface area contributed by atoms with Crippen LogP contribution in [0.15, 0.2) is 24.3 Å². The Morgan fingerprint density at radius 2 is 1.85 bits per heavy atom. The smallest absolute Gasteiger partial charge is 0.254 e. The maximum atomic E-state index is 12.2. The Labute approximate surface area is 117 Å². The Morgan fingerprint density at radius 3 is 2.35 bits per heavy atom. The number of anilines is 1. The molecule has 1 saturated heterocycles. The fraction of sp³-hybridized carbons (Fsp3) is 0.467. The second kappa shape index (κ2) is 4.59. The average molecular weight is 274 g/mol. The van der Waals surface area contributed by atoms with Gasteiger partial charge in [-0.2, -0.15) is 0 Å². The molecule has 20 heavy (non-hydrogen) atoms. The van der Waals surface area contributed by atoms with E-state index in [0.717, 1.165) is 12.8 Å². The fourth-order valence-electron chi connectivity index (χ4n) is 2.72. The molecule has 0 atom stereocenters. The minimum absolute atomic E-state index is 0.0651. The molecule has 1 aromatic rings. The van der Waals surface area contributed by atoms with Gasteiger partial charge in [-0.3, -0.25) is 9.59 Å². The minimum Gasteiger partial charge on any atom is -0.386 e. The monoisotopic (exact) mass is 274 g/mol. The Bertz CT molecular complexity index is 543. The van der Waals surface area contributed by atoms with Gasteiger partial charge in [-0.05, 0) is 43.0 Å². The lowest BCUT2D eigenvalue weighted by molar-refractivity contribution is -0.114. The van der Waals surface area contributed by atoms with Gasteiger partial charge in [0.1, 0.15) is 5.60 Å².